The van der Waals surface area contributed by atoms with E-state index in [1.807, 2.05) is 27.2 Å². The number of carbonyl (C=O) groups is 1. The summed E-state index contributed by atoms with van der Waals surface area (Å²) in [6.45, 7) is 4.63. The maximum absolute atomic E-state index is 13.0. The average molecular weight is 1010 g/mol. The number of aliphatic hydroxyl groups is 1. The van der Waals surface area contributed by atoms with Crippen LogP contribution in [0.2, 0.25) is 0 Å². The number of amides is 1. The summed E-state index contributed by atoms with van der Waals surface area (Å²) in [4.78, 5) is 23.3. The predicted octanol–water partition coefficient (Wildman–Crippen LogP) is 17.1. The Bertz CT molecular complexity index is 1610. The number of quaternary nitrogens is 1. The Morgan fingerprint density at radius 3 is 1.30 bits per heavy atom. The van der Waals surface area contributed by atoms with Crippen molar-refractivity contribution in [3.05, 3.63) is 134 Å². The highest BCUT2D eigenvalue weighted by atomic mass is 31.2. The number of nitrogens with zero attached hydrogens (tertiary/aromatic N) is 1. The number of likely N-dealkylation sites (N-methyl/N-ethyl adjacent to an activating group) is 1. The summed E-state index contributed by atoms with van der Waals surface area (Å²) in [6, 6.07) is -0.895. The molecule has 3 unspecified atom stereocenters. The van der Waals surface area contributed by atoms with Gasteiger partial charge < -0.3 is 19.8 Å². The molecule has 0 saturated heterocycles. The van der Waals surface area contributed by atoms with Crippen LogP contribution in [0.4, 0.5) is 0 Å². The van der Waals surface area contributed by atoms with Crippen LogP contribution in [0.25, 0.3) is 0 Å². The number of nitrogens with one attached hydrogen (secondary N) is 1. The van der Waals surface area contributed by atoms with Gasteiger partial charge in [0.05, 0.1) is 39.9 Å². The van der Waals surface area contributed by atoms with Crippen molar-refractivity contribution in [2.24, 2.45) is 0 Å². The van der Waals surface area contributed by atoms with Crippen LogP contribution in [0.15, 0.2) is 134 Å². The summed E-state index contributed by atoms with van der Waals surface area (Å²) < 4.78 is 23.6. The van der Waals surface area contributed by atoms with Gasteiger partial charge in [-0.15, -0.1) is 0 Å². The smallest absolute Gasteiger partial charge is 0.387 e. The van der Waals surface area contributed by atoms with Crippen molar-refractivity contribution in [2.45, 2.75) is 212 Å². The molecule has 0 heterocycles. The molecule has 0 rings (SSSR count). The first kappa shape index (κ1) is 67.6. The third-order valence-corrected chi connectivity index (χ3v) is 12.6. The number of aliphatic hydroxyl groups excluding tert-OH is 1. The molecule has 3 N–H and O–H groups in total. The van der Waals surface area contributed by atoms with Crippen molar-refractivity contribution < 1.29 is 32.9 Å². The molecule has 8 nitrogen and oxygen atoms in total. The van der Waals surface area contributed by atoms with Gasteiger partial charge in [0.15, 0.2) is 0 Å². The number of phosphoric ester groups is 1. The predicted molar refractivity (Wildman–Crippen MR) is 308 cm³/mol. The maximum Gasteiger partial charge on any atom is 0.472 e. The van der Waals surface area contributed by atoms with Crippen LogP contribution in [-0.2, 0) is 18.4 Å². The zero-order valence-corrected chi connectivity index (χ0v) is 46.8. The Hall–Kier alpha value is -3.36. The number of carbonyl (C=O) groups excluding carboxylic acids is 1. The van der Waals surface area contributed by atoms with E-state index in [-0.39, 0.29) is 19.1 Å². The molecule has 0 spiro atoms. The highest BCUT2D eigenvalue weighted by Crippen LogP contribution is 2.43. The van der Waals surface area contributed by atoms with Gasteiger partial charge in [-0.05, 0) is 109 Å². The van der Waals surface area contributed by atoms with E-state index in [4.69, 9.17) is 9.05 Å². The van der Waals surface area contributed by atoms with Crippen molar-refractivity contribution in [3.63, 3.8) is 0 Å². The van der Waals surface area contributed by atoms with E-state index in [2.05, 4.69) is 141 Å². The van der Waals surface area contributed by atoms with Gasteiger partial charge in [0.2, 0.25) is 5.91 Å². The van der Waals surface area contributed by atoms with E-state index < -0.39 is 20.0 Å². The highest BCUT2D eigenvalue weighted by molar-refractivity contribution is 7.47. The second-order valence-electron chi connectivity index (χ2n) is 19.6. The maximum atomic E-state index is 13.0. The third kappa shape index (κ3) is 54.3. The number of allylic oxidation sites excluding steroid dienone is 21. The minimum atomic E-state index is -4.38. The fourth-order valence-corrected chi connectivity index (χ4v) is 7.94. The Labute approximate surface area is 436 Å². The van der Waals surface area contributed by atoms with Crippen LogP contribution < -0.4 is 5.32 Å². The van der Waals surface area contributed by atoms with Crippen LogP contribution in [0.1, 0.15) is 200 Å². The number of rotatable bonds is 49. The quantitative estimate of drug-likeness (QED) is 0.0243. The minimum absolute atomic E-state index is 0.0402. The lowest BCUT2D eigenvalue weighted by Crippen LogP contribution is -2.45. The Morgan fingerprint density at radius 2 is 0.859 bits per heavy atom. The van der Waals surface area contributed by atoms with Gasteiger partial charge in [-0.25, -0.2) is 4.57 Å². The molecule has 3 atom stereocenters. The van der Waals surface area contributed by atoms with E-state index in [1.54, 1.807) is 6.08 Å². The van der Waals surface area contributed by atoms with Crippen molar-refractivity contribution in [2.75, 3.05) is 40.9 Å². The molecule has 0 bridgehead atoms. The highest BCUT2D eigenvalue weighted by Gasteiger charge is 2.27. The fraction of sp³-hybridized carbons (Fsp3) is 0.629. The molecule has 1 amide bonds. The monoisotopic (exact) mass is 1010 g/mol. The van der Waals surface area contributed by atoms with Gasteiger partial charge in [0, 0.05) is 6.42 Å². The first-order chi connectivity index (χ1) is 34.5. The third-order valence-electron chi connectivity index (χ3n) is 11.6. The second-order valence-corrected chi connectivity index (χ2v) is 21.0. The second kappa shape index (κ2) is 51.5. The van der Waals surface area contributed by atoms with E-state index in [0.29, 0.717) is 17.4 Å². The SMILES string of the molecule is CC/C=C\C/C=C\C/C=C\C/C=C\C/C=C\C/C=C\C/C=C\C/C=C\CCCCCCC(=O)NC(COP(=O)(O)OCC[N+](C)(C)C)C(O)/C=C/CC/C=C/CC/C=C/CCCCCCCCCCCC. The van der Waals surface area contributed by atoms with E-state index in [9.17, 15) is 19.4 Å². The van der Waals surface area contributed by atoms with Crippen LogP contribution >= 0.6 is 7.82 Å². The summed E-state index contributed by atoms with van der Waals surface area (Å²) in [6.07, 6.45) is 78.3. The van der Waals surface area contributed by atoms with Gasteiger partial charge in [-0.3, -0.25) is 13.8 Å². The topological polar surface area (TPSA) is 105 Å². The van der Waals surface area contributed by atoms with Crippen molar-refractivity contribution in [1.29, 1.82) is 0 Å². The Morgan fingerprint density at radius 1 is 0.493 bits per heavy atom. The zero-order valence-electron chi connectivity index (χ0n) is 45.9. The fourth-order valence-electron chi connectivity index (χ4n) is 7.21. The molecule has 0 aromatic carbocycles. The molecule has 0 radical (unpaired) electrons. The molecular formula is C62H106N2O6P+. The van der Waals surface area contributed by atoms with Crippen LogP contribution in [0, 0.1) is 0 Å². The Balaban J connectivity index is 4.41. The summed E-state index contributed by atoms with van der Waals surface area (Å²) >= 11 is 0. The largest absolute Gasteiger partial charge is 0.472 e. The van der Waals surface area contributed by atoms with Crippen LogP contribution in [0.3, 0.4) is 0 Å². The molecule has 9 heteroatoms. The van der Waals surface area contributed by atoms with Gasteiger partial charge >= 0.3 is 7.82 Å². The van der Waals surface area contributed by atoms with Crippen LogP contribution in [0.5, 0.6) is 0 Å². The standard InChI is InChI=1S/C62H105N2O6P/c1-6-8-10-12-14-16-18-20-22-24-26-28-29-30-31-32-33-34-35-36-38-40-42-44-46-48-50-52-54-56-62(66)63-60(59-70-71(67,68)69-58-57-64(3,4)5)61(65)55-53-51-49-47-45-43-41-39-37-27-25-23-21-19-17-15-13-11-9-7-2/h8,10,14,16,20,22,26,28,30-31,33-34,36-39,42,44-45,47,53,55,60-61,65H,6-7,9,11-13,15,17-19,21,23-25,27,29,32,35,40-41,43,46,48-52,54,56-59H2,1-5H3,(H-,63,66,67,68)/p+1/b10-8-,16-14-,22-20-,28-26-,31-30-,34-33-,38-36-,39-37+,44-42-,47-45+,55-53+. The van der Waals surface area contributed by atoms with E-state index >= 15 is 0 Å². The van der Waals surface area contributed by atoms with Gasteiger partial charge in [-0.1, -0.05) is 218 Å². The molecule has 0 aliphatic rings. The molecule has 0 aromatic rings. The summed E-state index contributed by atoms with van der Waals surface area (Å²) in [5.41, 5.74) is 0. The number of unbranched alkanes of at least 4 members (excludes halogenated alkanes) is 16. The molecule has 0 aliphatic heterocycles. The normalized spacial score (nSPS) is 15.0. The first-order valence-electron chi connectivity index (χ1n) is 28.1. The zero-order chi connectivity index (χ0) is 52.0. The Kier molecular flexibility index (Phi) is 49.1. The van der Waals surface area contributed by atoms with Crippen LogP contribution in [-0.4, -0.2) is 73.4 Å². The summed E-state index contributed by atoms with van der Waals surface area (Å²) in [5.74, 6) is -0.221. The first-order valence-corrected chi connectivity index (χ1v) is 29.6. The number of phosphoric acid groups is 1. The summed E-state index contributed by atoms with van der Waals surface area (Å²) in [5, 5.41) is 13.9. The van der Waals surface area contributed by atoms with Crippen molar-refractivity contribution >= 4 is 13.7 Å². The van der Waals surface area contributed by atoms with E-state index in [0.717, 1.165) is 109 Å². The minimum Gasteiger partial charge on any atom is -0.387 e. The molecule has 0 saturated carbocycles. The molecule has 404 valence electrons. The van der Waals surface area contributed by atoms with Crippen molar-refractivity contribution in [1.82, 2.24) is 5.32 Å². The molecular weight excluding hydrogens is 900 g/mol. The lowest BCUT2D eigenvalue weighted by atomic mass is 10.1. The lowest BCUT2D eigenvalue weighted by molar-refractivity contribution is -0.870. The van der Waals surface area contributed by atoms with E-state index in [1.165, 1.54) is 70.6 Å². The number of hydrogen-bond acceptors (Lipinski definition) is 5. The van der Waals surface area contributed by atoms with Gasteiger partial charge in [0.25, 0.3) is 0 Å². The average Bonchev–Trinajstić information content (AvgIpc) is 3.33. The molecule has 71 heavy (non-hydrogen) atoms. The van der Waals surface area contributed by atoms with Gasteiger partial charge in [-0.2, -0.15) is 0 Å². The van der Waals surface area contributed by atoms with Crippen molar-refractivity contribution in [3.8, 4) is 0 Å². The molecule has 0 aliphatic carbocycles. The molecule has 0 fully saturated rings. The lowest BCUT2D eigenvalue weighted by Gasteiger charge is -2.25. The molecule has 0 aromatic heterocycles. The van der Waals surface area contributed by atoms with Gasteiger partial charge in [0.1, 0.15) is 13.2 Å². The number of hydrogen-bond donors (Lipinski definition) is 3. The summed E-state index contributed by atoms with van der Waals surface area (Å²) in [7, 11) is 1.51.